The van der Waals surface area contributed by atoms with Crippen LogP contribution in [0, 0.1) is 17.8 Å². The van der Waals surface area contributed by atoms with Crippen LogP contribution in [0.15, 0.2) is 12.2 Å². The molecule has 0 aromatic carbocycles. The van der Waals surface area contributed by atoms with E-state index in [4.69, 9.17) is 13.3 Å². The highest BCUT2D eigenvalue weighted by Crippen LogP contribution is 2.45. The fourth-order valence-electron chi connectivity index (χ4n) is 3.36. The van der Waals surface area contributed by atoms with Gasteiger partial charge in [-0.3, -0.25) is 0 Å². The predicted molar refractivity (Wildman–Crippen MR) is 69.7 cm³/mol. The molecule has 2 aliphatic carbocycles. The zero-order valence-corrected chi connectivity index (χ0v) is 12.1. The first-order valence-corrected chi connectivity index (χ1v) is 8.50. The first-order valence-electron chi connectivity index (χ1n) is 6.57. The van der Waals surface area contributed by atoms with E-state index in [1.807, 2.05) is 0 Å². The van der Waals surface area contributed by atoms with Crippen molar-refractivity contribution in [1.82, 2.24) is 0 Å². The molecule has 3 nitrogen and oxygen atoms in total. The van der Waals surface area contributed by atoms with Crippen LogP contribution in [0.25, 0.3) is 0 Å². The first-order chi connectivity index (χ1) is 8.23. The number of rotatable bonds is 7. The molecule has 4 heteroatoms. The van der Waals surface area contributed by atoms with E-state index in [9.17, 15) is 0 Å². The molecule has 98 valence electrons. The first kappa shape index (κ1) is 13.3. The molecule has 0 spiro atoms. The third-order valence-corrected chi connectivity index (χ3v) is 7.24. The van der Waals surface area contributed by atoms with Crippen molar-refractivity contribution in [3.05, 3.63) is 12.2 Å². The molecule has 0 N–H and O–H groups in total. The zero-order chi connectivity index (χ0) is 12.3. The van der Waals surface area contributed by atoms with Gasteiger partial charge in [0.05, 0.1) is 0 Å². The largest absolute Gasteiger partial charge is 0.500 e. The van der Waals surface area contributed by atoms with Gasteiger partial charge in [-0.05, 0) is 43.4 Å². The van der Waals surface area contributed by atoms with Gasteiger partial charge >= 0.3 is 8.80 Å². The molecule has 0 aromatic rings. The predicted octanol–water partition coefficient (Wildman–Crippen LogP) is 2.86. The maximum absolute atomic E-state index is 5.44. The van der Waals surface area contributed by atoms with Crippen molar-refractivity contribution < 1.29 is 13.3 Å². The molecule has 2 rings (SSSR count). The Morgan fingerprint density at radius 3 is 2.24 bits per heavy atom. The Bertz CT molecular complexity index is 268. The third-order valence-electron chi connectivity index (χ3n) is 4.41. The lowest BCUT2D eigenvalue weighted by Gasteiger charge is -2.25. The molecule has 0 heterocycles. The van der Waals surface area contributed by atoms with Crippen LogP contribution in [0.3, 0.4) is 0 Å². The summed E-state index contributed by atoms with van der Waals surface area (Å²) in [5.74, 6) is 2.62. The van der Waals surface area contributed by atoms with Crippen molar-refractivity contribution in [2.45, 2.75) is 31.7 Å². The lowest BCUT2D eigenvalue weighted by Crippen LogP contribution is -2.42. The Morgan fingerprint density at radius 1 is 1.06 bits per heavy atom. The lowest BCUT2D eigenvalue weighted by atomic mass is 9.90. The molecule has 2 aliphatic rings. The summed E-state index contributed by atoms with van der Waals surface area (Å²) in [5, 5.41) is 0. The van der Waals surface area contributed by atoms with Gasteiger partial charge in [-0.2, -0.15) is 0 Å². The second-order valence-electron chi connectivity index (χ2n) is 5.23. The molecule has 2 bridgehead atoms. The molecular weight excluding hydrogens is 232 g/mol. The monoisotopic (exact) mass is 256 g/mol. The van der Waals surface area contributed by atoms with Gasteiger partial charge in [0.2, 0.25) is 0 Å². The maximum atomic E-state index is 5.44. The second-order valence-corrected chi connectivity index (χ2v) is 8.32. The van der Waals surface area contributed by atoms with E-state index >= 15 is 0 Å². The zero-order valence-electron chi connectivity index (χ0n) is 11.1. The van der Waals surface area contributed by atoms with Crippen molar-refractivity contribution in [1.29, 1.82) is 0 Å². The Balaban J connectivity index is 1.74. The number of fused-ring (bicyclic) bond motifs is 2. The molecule has 1 fully saturated rings. The average Bonchev–Trinajstić information content (AvgIpc) is 2.97. The number of hydrogen-bond acceptors (Lipinski definition) is 3. The smallest absolute Gasteiger partial charge is 0.377 e. The van der Waals surface area contributed by atoms with Crippen LogP contribution in [0.2, 0.25) is 6.04 Å². The van der Waals surface area contributed by atoms with Crippen molar-refractivity contribution >= 4 is 8.80 Å². The van der Waals surface area contributed by atoms with Crippen LogP contribution < -0.4 is 0 Å². The summed E-state index contributed by atoms with van der Waals surface area (Å²) in [5.41, 5.74) is 0. The number of hydrogen-bond donors (Lipinski definition) is 0. The highest BCUT2D eigenvalue weighted by Gasteiger charge is 2.39. The molecule has 0 amide bonds. The summed E-state index contributed by atoms with van der Waals surface area (Å²) in [4.78, 5) is 0. The molecule has 3 unspecified atom stereocenters. The molecule has 0 aliphatic heterocycles. The summed E-state index contributed by atoms with van der Waals surface area (Å²) in [7, 11) is 2.75. The Kier molecular flexibility index (Phi) is 4.41. The molecule has 0 saturated heterocycles. The van der Waals surface area contributed by atoms with Crippen LogP contribution in [0.1, 0.15) is 25.7 Å². The standard InChI is InChI=1S/C13H24O3Si/c1-14-17(15-2,16-3)8-4-5-12-9-11-6-7-13(12)10-11/h6-7,11-13H,4-5,8-10H2,1-3H3. The van der Waals surface area contributed by atoms with Crippen molar-refractivity contribution in [2.24, 2.45) is 17.8 Å². The summed E-state index contributed by atoms with van der Waals surface area (Å²) in [6.45, 7) is 0. The minimum absolute atomic E-state index is 0.851. The maximum Gasteiger partial charge on any atom is 0.500 e. The Hall–Kier alpha value is -0.163. The van der Waals surface area contributed by atoms with Gasteiger partial charge < -0.3 is 13.3 Å². The number of allylic oxidation sites excluding steroid dienone is 2. The molecule has 1 saturated carbocycles. The van der Waals surface area contributed by atoms with Gasteiger partial charge in [0.15, 0.2) is 0 Å². The van der Waals surface area contributed by atoms with Gasteiger partial charge in [0.1, 0.15) is 0 Å². The van der Waals surface area contributed by atoms with Crippen LogP contribution in [0.5, 0.6) is 0 Å². The lowest BCUT2D eigenvalue weighted by molar-refractivity contribution is 0.122. The van der Waals surface area contributed by atoms with Crippen molar-refractivity contribution in [3.8, 4) is 0 Å². The van der Waals surface area contributed by atoms with Gasteiger partial charge in [-0.1, -0.05) is 12.2 Å². The van der Waals surface area contributed by atoms with Crippen molar-refractivity contribution in [2.75, 3.05) is 21.3 Å². The molecule has 0 radical (unpaired) electrons. The second kappa shape index (κ2) is 5.65. The van der Waals surface area contributed by atoms with E-state index in [1.54, 1.807) is 21.3 Å². The molecule has 17 heavy (non-hydrogen) atoms. The van der Waals surface area contributed by atoms with Gasteiger partial charge in [0.25, 0.3) is 0 Å². The summed E-state index contributed by atoms with van der Waals surface area (Å²) in [6, 6.07) is 0.939. The summed E-state index contributed by atoms with van der Waals surface area (Å²) >= 11 is 0. The summed E-state index contributed by atoms with van der Waals surface area (Å²) in [6.07, 6.45) is 10.1. The van der Waals surface area contributed by atoms with Crippen LogP contribution in [-0.4, -0.2) is 30.1 Å². The minimum Gasteiger partial charge on any atom is -0.377 e. The Morgan fingerprint density at radius 2 is 1.76 bits per heavy atom. The summed E-state index contributed by atoms with van der Waals surface area (Å²) < 4.78 is 16.3. The van der Waals surface area contributed by atoms with Crippen LogP contribution in [0.4, 0.5) is 0 Å². The van der Waals surface area contributed by atoms with E-state index in [-0.39, 0.29) is 0 Å². The Labute approximate surface area is 106 Å². The fourth-order valence-corrected chi connectivity index (χ4v) is 5.11. The molecular formula is C13H24O3Si. The van der Waals surface area contributed by atoms with E-state index in [1.165, 1.54) is 19.3 Å². The normalized spacial score (nSPS) is 31.4. The fraction of sp³-hybridized carbons (Fsp3) is 0.846. The van der Waals surface area contributed by atoms with E-state index in [0.29, 0.717) is 0 Å². The van der Waals surface area contributed by atoms with E-state index in [0.717, 1.165) is 30.2 Å². The van der Waals surface area contributed by atoms with Gasteiger partial charge in [0, 0.05) is 27.4 Å². The van der Waals surface area contributed by atoms with E-state index in [2.05, 4.69) is 12.2 Å². The SMILES string of the molecule is CO[Si](CCCC1CC2C=CC1C2)(OC)OC. The van der Waals surface area contributed by atoms with Crippen LogP contribution in [-0.2, 0) is 13.3 Å². The minimum atomic E-state index is -2.33. The molecule has 3 atom stereocenters. The van der Waals surface area contributed by atoms with E-state index < -0.39 is 8.80 Å². The topological polar surface area (TPSA) is 27.7 Å². The van der Waals surface area contributed by atoms with Gasteiger partial charge in [-0.25, -0.2) is 0 Å². The average molecular weight is 256 g/mol. The van der Waals surface area contributed by atoms with Crippen LogP contribution >= 0.6 is 0 Å². The highest BCUT2D eigenvalue weighted by molar-refractivity contribution is 6.60. The third kappa shape index (κ3) is 2.81. The van der Waals surface area contributed by atoms with Crippen molar-refractivity contribution in [3.63, 3.8) is 0 Å². The quantitative estimate of drug-likeness (QED) is 0.518. The van der Waals surface area contributed by atoms with Gasteiger partial charge in [-0.15, -0.1) is 0 Å². The highest BCUT2D eigenvalue weighted by atomic mass is 28.4. The molecule has 0 aromatic heterocycles.